The number of hydrogen-bond donors (Lipinski definition) is 2. The van der Waals surface area contributed by atoms with Gasteiger partial charge in [0.15, 0.2) is 0 Å². The summed E-state index contributed by atoms with van der Waals surface area (Å²) in [4.78, 5) is 45.0. The van der Waals surface area contributed by atoms with Crippen LogP contribution < -0.4 is 16.2 Å². The number of fused-ring (bicyclic) bond motifs is 2. The fourth-order valence-corrected chi connectivity index (χ4v) is 5.12. The number of amides is 2. The van der Waals surface area contributed by atoms with Crippen LogP contribution in [0.5, 0.6) is 0 Å². The van der Waals surface area contributed by atoms with Gasteiger partial charge < -0.3 is 20.3 Å². The smallest absolute Gasteiger partial charge is 0.410 e. The molecule has 1 aromatic carbocycles. The Bertz CT molecular complexity index is 1420. The number of carbonyl (C=O) groups excluding carboxylic acids is 2. The zero-order chi connectivity index (χ0) is 28.3. The number of rotatable bonds is 8. The highest BCUT2D eigenvalue weighted by molar-refractivity contribution is 5.80. The molecule has 2 N–H and O–H groups in total. The average molecular weight is 548 g/mol. The van der Waals surface area contributed by atoms with Crippen molar-refractivity contribution in [1.82, 2.24) is 29.5 Å². The molecule has 3 aromatic rings. The van der Waals surface area contributed by atoms with Gasteiger partial charge in [0.05, 0.1) is 37.2 Å². The fourth-order valence-electron chi connectivity index (χ4n) is 5.12. The Morgan fingerprint density at radius 3 is 2.73 bits per heavy atom. The maximum atomic E-state index is 13.2. The molecular weight excluding hydrogens is 510 g/mol. The maximum Gasteiger partial charge on any atom is 0.410 e. The van der Waals surface area contributed by atoms with Crippen molar-refractivity contribution in [2.45, 2.75) is 77.7 Å². The highest BCUT2D eigenvalue weighted by Crippen LogP contribution is 2.24. The van der Waals surface area contributed by atoms with Crippen molar-refractivity contribution >= 4 is 17.7 Å². The second kappa shape index (κ2) is 11.5. The highest BCUT2D eigenvalue weighted by atomic mass is 16.6. The number of ether oxygens (including phenoxy) is 1. The average Bonchev–Trinajstić information content (AvgIpc) is 3.54. The Morgan fingerprint density at radius 1 is 1.15 bits per heavy atom. The Morgan fingerprint density at radius 2 is 1.95 bits per heavy atom. The number of aryl methyl sites for hydroxylation is 2. The molecule has 0 unspecified atom stereocenters. The van der Waals surface area contributed by atoms with Gasteiger partial charge in [0.2, 0.25) is 5.91 Å². The third-order valence-corrected chi connectivity index (χ3v) is 7.07. The van der Waals surface area contributed by atoms with E-state index in [1.54, 1.807) is 11.1 Å². The molecule has 0 fully saturated rings. The molecule has 0 spiro atoms. The van der Waals surface area contributed by atoms with Gasteiger partial charge in [-0.2, -0.15) is 5.10 Å². The Balaban J connectivity index is 1.16. The molecule has 0 bridgehead atoms. The lowest BCUT2D eigenvalue weighted by Crippen LogP contribution is -2.41. The van der Waals surface area contributed by atoms with Gasteiger partial charge in [0.25, 0.3) is 5.56 Å². The number of benzene rings is 1. The van der Waals surface area contributed by atoms with Crippen LogP contribution in [0.1, 0.15) is 62.4 Å². The summed E-state index contributed by atoms with van der Waals surface area (Å²) in [6.45, 7) is 7.86. The van der Waals surface area contributed by atoms with Crippen molar-refractivity contribution in [2.75, 3.05) is 18.4 Å². The van der Waals surface area contributed by atoms with Crippen LogP contribution in [-0.4, -0.2) is 54.9 Å². The summed E-state index contributed by atoms with van der Waals surface area (Å²) >= 11 is 0. The molecule has 0 radical (unpaired) electrons. The molecule has 2 aromatic heterocycles. The first-order valence-corrected chi connectivity index (χ1v) is 13.9. The van der Waals surface area contributed by atoms with E-state index >= 15 is 0 Å². The molecule has 5 rings (SSSR count). The number of aromatic nitrogens is 4. The molecule has 4 heterocycles. The summed E-state index contributed by atoms with van der Waals surface area (Å²) in [7, 11) is 0. The second-order valence-electron chi connectivity index (χ2n) is 11.3. The molecule has 11 nitrogen and oxygen atoms in total. The summed E-state index contributed by atoms with van der Waals surface area (Å²) in [6, 6.07) is 11.5. The normalized spacial score (nSPS) is 16.3. The van der Waals surface area contributed by atoms with Crippen LogP contribution in [0, 0.1) is 0 Å². The van der Waals surface area contributed by atoms with Gasteiger partial charge in [0, 0.05) is 19.5 Å². The molecule has 1 atom stereocenters. The van der Waals surface area contributed by atoms with Crippen LogP contribution in [-0.2, 0) is 42.0 Å². The molecule has 40 heavy (non-hydrogen) atoms. The van der Waals surface area contributed by atoms with E-state index in [2.05, 4.69) is 32.8 Å². The molecule has 0 saturated heterocycles. The van der Waals surface area contributed by atoms with Gasteiger partial charge in [-0.25, -0.2) is 9.78 Å². The van der Waals surface area contributed by atoms with Crippen molar-refractivity contribution in [1.29, 1.82) is 0 Å². The fraction of sp³-hybridized carbons (Fsp3) is 0.483. The van der Waals surface area contributed by atoms with Gasteiger partial charge in [-0.1, -0.05) is 30.3 Å². The van der Waals surface area contributed by atoms with E-state index in [1.807, 2.05) is 49.7 Å². The standard InChI is InChI=1S/C29H37N7O4/c1-29(2,3)40-28(39)34-14-15-35-22(19-34)16-21(33-35)17-32-26(37)24-11-12-25-31-18-23(27(38)36(24)25)30-13-7-10-20-8-5-4-6-9-20/h4-6,8-9,16,18,24,30H,7,10-15,17,19H2,1-3H3,(H,32,37)/t24-/m0/s1. The van der Waals surface area contributed by atoms with E-state index in [4.69, 9.17) is 4.74 Å². The van der Waals surface area contributed by atoms with Crippen molar-refractivity contribution in [3.63, 3.8) is 0 Å². The van der Waals surface area contributed by atoms with E-state index in [1.165, 1.54) is 10.1 Å². The molecule has 2 amide bonds. The van der Waals surface area contributed by atoms with Crippen LogP contribution in [0.3, 0.4) is 0 Å². The Labute approximate surface area is 233 Å². The number of hydrogen-bond acceptors (Lipinski definition) is 7. The summed E-state index contributed by atoms with van der Waals surface area (Å²) < 4.78 is 8.87. The predicted molar refractivity (Wildman–Crippen MR) is 150 cm³/mol. The van der Waals surface area contributed by atoms with E-state index in [-0.39, 0.29) is 24.1 Å². The van der Waals surface area contributed by atoms with E-state index in [9.17, 15) is 14.4 Å². The molecule has 212 valence electrons. The van der Waals surface area contributed by atoms with Crippen molar-refractivity contribution in [2.24, 2.45) is 0 Å². The molecule has 2 aliphatic heterocycles. The lowest BCUT2D eigenvalue weighted by Gasteiger charge is -2.30. The number of nitrogens with zero attached hydrogens (tertiary/aromatic N) is 5. The van der Waals surface area contributed by atoms with Gasteiger partial charge in [0.1, 0.15) is 23.2 Å². The molecule has 11 heteroatoms. The molecule has 0 saturated carbocycles. The number of anilines is 1. The monoisotopic (exact) mass is 547 g/mol. The van der Waals surface area contributed by atoms with E-state index < -0.39 is 11.6 Å². The van der Waals surface area contributed by atoms with Crippen LogP contribution >= 0.6 is 0 Å². The first kappa shape index (κ1) is 27.4. The number of nitrogens with one attached hydrogen (secondary N) is 2. The molecule has 2 aliphatic rings. The summed E-state index contributed by atoms with van der Waals surface area (Å²) in [5.41, 5.74) is 2.47. The molecular formula is C29H37N7O4. The van der Waals surface area contributed by atoms with Crippen molar-refractivity contribution in [3.8, 4) is 0 Å². The summed E-state index contributed by atoms with van der Waals surface area (Å²) in [5.74, 6) is 0.393. The zero-order valence-corrected chi connectivity index (χ0v) is 23.4. The van der Waals surface area contributed by atoms with Gasteiger partial charge in [-0.15, -0.1) is 0 Å². The SMILES string of the molecule is CC(C)(C)OC(=O)N1CCn2nc(CNC(=O)[C@@H]3CCc4ncc(NCCCc5ccccc5)c(=O)n43)cc2C1. The summed E-state index contributed by atoms with van der Waals surface area (Å²) in [6.07, 6.45) is 4.11. The van der Waals surface area contributed by atoms with Crippen LogP contribution in [0.4, 0.5) is 10.5 Å². The zero-order valence-electron chi connectivity index (χ0n) is 23.4. The van der Waals surface area contributed by atoms with Crippen LogP contribution in [0.15, 0.2) is 47.4 Å². The largest absolute Gasteiger partial charge is 0.444 e. The lowest BCUT2D eigenvalue weighted by atomic mass is 10.1. The lowest BCUT2D eigenvalue weighted by molar-refractivity contribution is -0.124. The Kier molecular flexibility index (Phi) is 7.90. The van der Waals surface area contributed by atoms with Crippen LogP contribution in [0.25, 0.3) is 0 Å². The third kappa shape index (κ3) is 6.35. The topological polar surface area (TPSA) is 123 Å². The van der Waals surface area contributed by atoms with Crippen molar-refractivity contribution < 1.29 is 14.3 Å². The minimum Gasteiger partial charge on any atom is -0.444 e. The summed E-state index contributed by atoms with van der Waals surface area (Å²) in [5, 5.41) is 10.7. The van der Waals surface area contributed by atoms with Gasteiger partial charge in [-0.05, 0) is 51.7 Å². The van der Waals surface area contributed by atoms with Crippen LogP contribution in [0.2, 0.25) is 0 Å². The van der Waals surface area contributed by atoms with Crippen molar-refractivity contribution in [3.05, 3.63) is 75.7 Å². The second-order valence-corrected chi connectivity index (χ2v) is 11.3. The number of carbonyl (C=O) groups is 2. The van der Waals surface area contributed by atoms with E-state index in [0.29, 0.717) is 56.2 Å². The first-order chi connectivity index (χ1) is 19.2. The van der Waals surface area contributed by atoms with E-state index in [0.717, 1.165) is 18.5 Å². The highest BCUT2D eigenvalue weighted by Gasteiger charge is 2.31. The van der Waals surface area contributed by atoms with Gasteiger partial charge >= 0.3 is 6.09 Å². The minimum absolute atomic E-state index is 0.220. The maximum absolute atomic E-state index is 13.2. The third-order valence-electron chi connectivity index (χ3n) is 7.07. The van der Waals surface area contributed by atoms with Gasteiger partial charge in [-0.3, -0.25) is 18.8 Å². The molecule has 0 aliphatic carbocycles. The quantitative estimate of drug-likeness (QED) is 0.416. The first-order valence-electron chi connectivity index (χ1n) is 13.9. The Hall–Kier alpha value is -4.15. The minimum atomic E-state index is -0.610. The predicted octanol–water partition coefficient (Wildman–Crippen LogP) is 3.04.